The summed E-state index contributed by atoms with van der Waals surface area (Å²) in [6.45, 7) is 2.42. The quantitative estimate of drug-likeness (QED) is 0.684. The fourth-order valence-corrected chi connectivity index (χ4v) is 5.29. The second-order valence-electron chi connectivity index (χ2n) is 7.59. The van der Waals surface area contributed by atoms with Gasteiger partial charge in [0.25, 0.3) is 5.91 Å². The zero-order valence-corrected chi connectivity index (χ0v) is 17.1. The Hall–Kier alpha value is -2.83. The molecule has 6 heteroatoms. The van der Waals surface area contributed by atoms with Gasteiger partial charge in [0.2, 0.25) is 0 Å². The minimum absolute atomic E-state index is 0.0152. The van der Waals surface area contributed by atoms with Crippen LogP contribution in [-0.2, 0) is 19.6 Å². The van der Waals surface area contributed by atoms with Crippen molar-refractivity contribution in [3.8, 4) is 5.75 Å². The van der Waals surface area contributed by atoms with Gasteiger partial charge >= 0.3 is 0 Å². The molecule has 148 valence electrons. The average molecular weight is 406 g/mol. The van der Waals surface area contributed by atoms with Crippen molar-refractivity contribution in [3.05, 3.63) is 81.7 Å². The molecule has 1 amide bonds. The Morgan fingerprint density at radius 2 is 2.00 bits per heavy atom. The minimum atomic E-state index is -0.256. The van der Waals surface area contributed by atoms with Crippen LogP contribution in [-0.4, -0.2) is 24.4 Å². The molecule has 0 aliphatic carbocycles. The first-order valence-corrected chi connectivity index (χ1v) is 10.7. The van der Waals surface area contributed by atoms with Crippen LogP contribution in [0, 0.1) is 0 Å². The van der Waals surface area contributed by atoms with E-state index in [1.54, 1.807) is 11.3 Å². The third kappa shape index (κ3) is 3.61. The zero-order valence-electron chi connectivity index (χ0n) is 16.3. The van der Waals surface area contributed by atoms with E-state index in [1.807, 2.05) is 54.6 Å². The van der Waals surface area contributed by atoms with Crippen molar-refractivity contribution in [2.75, 3.05) is 18.9 Å². The monoisotopic (exact) mass is 405 g/mol. The van der Waals surface area contributed by atoms with Crippen LogP contribution in [0.15, 0.2) is 54.6 Å². The second-order valence-corrected chi connectivity index (χ2v) is 8.70. The Morgan fingerprint density at radius 1 is 1.14 bits per heavy atom. The smallest absolute Gasteiger partial charge is 0.256 e. The lowest BCUT2D eigenvalue weighted by Crippen LogP contribution is -2.38. The molecule has 5 rings (SSSR count). The molecule has 1 aromatic heterocycles. The molecule has 0 saturated heterocycles. The summed E-state index contributed by atoms with van der Waals surface area (Å²) in [6.07, 6.45) is 0.674. The van der Waals surface area contributed by atoms with Crippen LogP contribution in [0.4, 0.5) is 5.00 Å². The number of hydrogen-bond donors (Lipinski definition) is 2. The highest BCUT2D eigenvalue weighted by Crippen LogP contribution is 2.40. The molecule has 3 heterocycles. The van der Waals surface area contributed by atoms with E-state index < -0.39 is 0 Å². The van der Waals surface area contributed by atoms with E-state index in [9.17, 15) is 4.79 Å². The SMILES string of the molecule is CN1CCc2c(sc3c2C(=O)NC(c2cccc(OCc4ccccc4)c2)N3)C1. The van der Waals surface area contributed by atoms with Gasteiger partial charge in [-0.3, -0.25) is 4.79 Å². The maximum Gasteiger partial charge on any atom is 0.256 e. The Labute approximate surface area is 174 Å². The van der Waals surface area contributed by atoms with Crippen molar-refractivity contribution in [2.45, 2.75) is 25.7 Å². The Morgan fingerprint density at radius 3 is 2.86 bits per heavy atom. The third-order valence-corrected chi connectivity index (χ3v) is 6.61. The molecule has 0 saturated carbocycles. The van der Waals surface area contributed by atoms with E-state index in [0.717, 1.165) is 47.0 Å². The molecule has 29 heavy (non-hydrogen) atoms. The van der Waals surface area contributed by atoms with Gasteiger partial charge in [-0.2, -0.15) is 0 Å². The topological polar surface area (TPSA) is 53.6 Å². The standard InChI is InChI=1S/C23H23N3O2S/c1-26-11-10-18-19(13-26)29-23-20(18)22(27)24-21(25-23)16-8-5-9-17(12-16)28-14-15-6-3-2-4-7-15/h2-9,12,21,25H,10-11,13-14H2,1H3,(H,24,27). The predicted octanol–water partition coefficient (Wildman–Crippen LogP) is 4.17. The highest BCUT2D eigenvalue weighted by atomic mass is 32.1. The number of thiophene rings is 1. The first kappa shape index (κ1) is 18.2. The van der Waals surface area contributed by atoms with Crippen molar-refractivity contribution >= 4 is 22.2 Å². The number of benzene rings is 2. The molecular weight excluding hydrogens is 382 g/mol. The summed E-state index contributed by atoms with van der Waals surface area (Å²) < 4.78 is 5.95. The largest absolute Gasteiger partial charge is 0.489 e. The number of carbonyl (C=O) groups is 1. The van der Waals surface area contributed by atoms with Crippen molar-refractivity contribution in [3.63, 3.8) is 0 Å². The molecule has 0 radical (unpaired) electrons. The number of amides is 1. The number of fused-ring (bicyclic) bond motifs is 3. The normalized spacial score (nSPS) is 18.4. The number of anilines is 1. The fourth-order valence-electron chi connectivity index (χ4n) is 3.93. The Balaban J connectivity index is 1.35. The van der Waals surface area contributed by atoms with Crippen molar-refractivity contribution in [2.24, 2.45) is 0 Å². The van der Waals surface area contributed by atoms with Gasteiger partial charge in [0.1, 0.15) is 23.5 Å². The van der Waals surface area contributed by atoms with E-state index in [1.165, 1.54) is 10.4 Å². The maximum absolute atomic E-state index is 12.9. The number of hydrogen-bond acceptors (Lipinski definition) is 5. The molecule has 1 atom stereocenters. The summed E-state index contributed by atoms with van der Waals surface area (Å²) in [6, 6.07) is 18.0. The van der Waals surface area contributed by atoms with Gasteiger partial charge in [0, 0.05) is 18.0 Å². The summed E-state index contributed by atoms with van der Waals surface area (Å²) in [5.74, 6) is 0.807. The molecule has 3 aromatic rings. The van der Waals surface area contributed by atoms with Gasteiger partial charge in [0.15, 0.2) is 0 Å². The second kappa shape index (κ2) is 7.54. The van der Waals surface area contributed by atoms with E-state index >= 15 is 0 Å². The molecule has 2 N–H and O–H groups in total. The van der Waals surface area contributed by atoms with Crippen LogP contribution in [0.25, 0.3) is 0 Å². The number of nitrogens with one attached hydrogen (secondary N) is 2. The van der Waals surface area contributed by atoms with Crippen LogP contribution >= 0.6 is 11.3 Å². The number of likely N-dealkylation sites (N-methyl/N-ethyl adjacent to an activating group) is 1. The number of ether oxygens (including phenoxy) is 1. The summed E-state index contributed by atoms with van der Waals surface area (Å²) >= 11 is 1.71. The van der Waals surface area contributed by atoms with Gasteiger partial charge in [0.05, 0.1) is 5.56 Å². The lowest BCUT2D eigenvalue weighted by atomic mass is 10.0. The summed E-state index contributed by atoms with van der Waals surface area (Å²) in [7, 11) is 2.12. The predicted molar refractivity (Wildman–Crippen MR) is 115 cm³/mol. The van der Waals surface area contributed by atoms with Gasteiger partial charge in [-0.15, -0.1) is 11.3 Å². The summed E-state index contributed by atoms with van der Waals surface area (Å²) in [5.41, 5.74) is 4.16. The molecule has 1 unspecified atom stereocenters. The van der Waals surface area contributed by atoms with Crippen LogP contribution in [0.3, 0.4) is 0 Å². The number of rotatable bonds is 4. The first-order chi connectivity index (χ1) is 14.2. The first-order valence-electron chi connectivity index (χ1n) is 9.84. The average Bonchev–Trinajstić information content (AvgIpc) is 3.11. The van der Waals surface area contributed by atoms with Crippen LogP contribution in [0.2, 0.25) is 0 Å². The highest BCUT2D eigenvalue weighted by molar-refractivity contribution is 7.16. The van der Waals surface area contributed by atoms with Crippen molar-refractivity contribution in [1.82, 2.24) is 10.2 Å². The van der Waals surface area contributed by atoms with Crippen LogP contribution in [0.5, 0.6) is 5.75 Å². The molecule has 5 nitrogen and oxygen atoms in total. The van der Waals surface area contributed by atoms with Crippen LogP contribution in [0.1, 0.15) is 38.1 Å². The Kier molecular flexibility index (Phi) is 4.73. The molecular formula is C23H23N3O2S. The summed E-state index contributed by atoms with van der Waals surface area (Å²) in [5, 5.41) is 7.64. The van der Waals surface area contributed by atoms with Gasteiger partial charge in [-0.1, -0.05) is 42.5 Å². The molecule has 0 fully saturated rings. The molecule has 2 aliphatic heterocycles. The maximum atomic E-state index is 12.9. The summed E-state index contributed by atoms with van der Waals surface area (Å²) in [4.78, 5) is 16.5. The third-order valence-electron chi connectivity index (χ3n) is 5.47. The van der Waals surface area contributed by atoms with E-state index in [2.05, 4.69) is 22.6 Å². The number of carbonyl (C=O) groups excluding carboxylic acids is 1. The van der Waals surface area contributed by atoms with E-state index in [-0.39, 0.29) is 12.1 Å². The van der Waals surface area contributed by atoms with Gasteiger partial charge in [-0.05, 0) is 42.3 Å². The van der Waals surface area contributed by atoms with Crippen molar-refractivity contribution in [1.29, 1.82) is 0 Å². The molecule has 0 spiro atoms. The van der Waals surface area contributed by atoms with Crippen LogP contribution < -0.4 is 15.4 Å². The lowest BCUT2D eigenvalue weighted by molar-refractivity contribution is 0.0934. The fraction of sp³-hybridized carbons (Fsp3) is 0.261. The van der Waals surface area contributed by atoms with Gasteiger partial charge in [-0.25, -0.2) is 0 Å². The zero-order chi connectivity index (χ0) is 19.8. The highest BCUT2D eigenvalue weighted by Gasteiger charge is 2.32. The van der Waals surface area contributed by atoms with E-state index in [4.69, 9.17) is 4.74 Å². The molecule has 2 aliphatic rings. The lowest BCUT2D eigenvalue weighted by Gasteiger charge is -2.27. The minimum Gasteiger partial charge on any atom is -0.489 e. The van der Waals surface area contributed by atoms with Gasteiger partial charge < -0.3 is 20.3 Å². The number of nitrogens with zero attached hydrogens (tertiary/aromatic N) is 1. The molecule has 2 aromatic carbocycles. The molecule has 0 bridgehead atoms. The van der Waals surface area contributed by atoms with Crippen molar-refractivity contribution < 1.29 is 9.53 Å². The van der Waals surface area contributed by atoms with E-state index in [0.29, 0.717) is 6.61 Å². The Bertz CT molecular complexity index is 1050.